The number of rotatable bonds is 9. The zero-order valence-electron chi connectivity index (χ0n) is 16.4. The number of ketones is 1. The van der Waals surface area contributed by atoms with Gasteiger partial charge in [0.1, 0.15) is 5.69 Å². The number of nitro groups is 1. The van der Waals surface area contributed by atoms with Crippen molar-refractivity contribution in [3.05, 3.63) is 22.2 Å². The molecule has 0 atom stereocenters. The van der Waals surface area contributed by atoms with Crippen molar-refractivity contribution in [2.75, 3.05) is 16.3 Å². The van der Waals surface area contributed by atoms with Crippen LogP contribution in [0.5, 0.6) is 5.75 Å². The predicted molar refractivity (Wildman–Crippen MR) is 108 cm³/mol. The topological polar surface area (TPSA) is 145 Å². The number of anilines is 2. The summed E-state index contributed by atoms with van der Waals surface area (Å²) in [4.78, 5) is 34.6. The van der Waals surface area contributed by atoms with Gasteiger partial charge in [-0.05, 0) is 38.2 Å². The molecule has 1 amide bonds. The van der Waals surface area contributed by atoms with Gasteiger partial charge < -0.3 is 10.1 Å². The number of amides is 1. The molecule has 29 heavy (non-hydrogen) atoms. The van der Waals surface area contributed by atoms with Gasteiger partial charge in [0.25, 0.3) is 11.6 Å². The fraction of sp³-hybridized carbons (Fsp3) is 0.556. The Morgan fingerprint density at radius 3 is 2.41 bits per heavy atom. The van der Waals surface area contributed by atoms with Crippen LogP contribution in [0.15, 0.2) is 12.1 Å². The van der Waals surface area contributed by atoms with E-state index >= 15 is 0 Å². The lowest BCUT2D eigenvalue weighted by Crippen LogP contribution is -2.24. The molecule has 1 saturated carbocycles. The van der Waals surface area contributed by atoms with Crippen LogP contribution >= 0.6 is 0 Å². The minimum Gasteiger partial charge on any atom is -0.488 e. The number of nitro benzene ring substituents is 1. The van der Waals surface area contributed by atoms with Crippen LogP contribution in [0, 0.1) is 10.1 Å². The van der Waals surface area contributed by atoms with E-state index in [4.69, 9.17) is 4.74 Å². The van der Waals surface area contributed by atoms with Crippen LogP contribution in [0.3, 0.4) is 0 Å². The summed E-state index contributed by atoms with van der Waals surface area (Å²) in [7, 11) is -3.72. The van der Waals surface area contributed by atoms with Gasteiger partial charge in [-0.1, -0.05) is 13.3 Å². The number of carbonyl (C=O) groups is 2. The number of nitrogens with one attached hydrogen (secondary N) is 2. The van der Waals surface area contributed by atoms with Crippen molar-refractivity contribution in [1.82, 2.24) is 0 Å². The summed E-state index contributed by atoms with van der Waals surface area (Å²) in [6.45, 7) is 1.72. The monoisotopic (exact) mass is 427 g/mol. The van der Waals surface area contributed by atoms with Crippen molar-refractivity contribution in [3.8, 4) is 5.75 Å². The molecule has 160 valence electrons. The second kappa shape index (κ2) is 9.68. The molecule has 1 aliphatic carbocycles. The van der Waals surface area contributed by atoms with Gasteiger partial charge in [0.2, 0.25) is 15.8 Å². The molecule has 1 aromatic rings. The molecule has 10 nitrogen and oxygen atoms in total. The second-order valence-electron chi connectivity index (χ2n) is 7.00. The predicted octanol–water partition coefficient (Wildman–Crippen LogP) is 2.99. The first kappa shape index (κ1) is 22.6. The Hall–Kier alpha value is -2.69. The highest BCUT2D eigenvalue weighted by atomic mass is 32.2. The summed E-state index contributed by atoms with van der Waals surface area (Å²) in [6, 6.07) is 2.18. The van der Waals surface area contributed by atoms with E-state index in [0.717, 1.165) is 50.5 Å². The summed E-state index contributed by atoms with van der Waals surface area (Å²) in [5.41, 5.74) is -0.818. The van der Waals surface area contributed by atoms with Gasteiger partial charge in [0, 0.05) is 6.42 Å². The lowest BCUT2D eigenvalue weighted by Gasteiger charge is -2.24. The molecule has 1 aromatic carbocycles. The zero-order chi connectivity index (χ0) is 21.6. The molecule has 0 bridgehead atoms. The van der Waals surface area contributed by atoms with Crippen molar-refractivity contribution >= 4 is 38.8 Å². The Morgan fingerprint density at radius 1 is 1.21 bits per heavy atom. The normalized spacial score (nSPS) is 14.8. The zero-order valence-corrected chi connectivity index (χ0v) is 17.2. The molecule has 0 saturated heterocycles. The molecular weight excluding hydrogens is 402 g/mol. The van der Waals surface area contributed by atoms with E-state index in [1.54, 1.807) is 6.92 Å². The molecule has 11 heteroatoms. The van der Waals surface area contributed by atoms with Crippen molar-refractivity contribution in [3.63, 3.8) is 0 Å². The van der Waals surface area contributed by atoms with Crippen molar-refractivity contribution < 1.29 is 27.7 Å². The number of Topliss-reactive ketones (excluding diaryl/α,β-unsaturated/α-hetero) is 1. The minimum absolute atomic E-state index is 0.00302. The molecular formula is C18H25N3O7S. The Kier molecular flexibility index (Phi) is 7.54. The Balaban J connectivity index is 2.44. The molecule has 0 spiro atoms. The van der Waals surface area contributed by atoms with E-state index in [2.05, 4.69) is 10.0 Å². The van der Waals surface area contributed by atoms with Crippen LogP contribution in [0.4, 0.5) is 17.1 Å². The molecule has 0 heterocycles. The maximum atomic E-state index is 12.0. The third-order valence-corrected chi connectivity index (χ3v) is 5.01. The number of sulfonamides is 1. The summed E-state index contributed by atoms with van der Waals surface area (Å²) in [5, 5.41) is 13.7. The SMILES string of the molecule is CCCC(=O)C(=O)Nc1cc(NS(C)(=O)=O)c(OC2CCCCC2)cc1[N+](=O)[O-]. The summed E-state index contributed by atoms with van der Waals surface area (Å²) in [5.74, 6) is -1.71. The summed E-state index contributed by atoms with van der Waals surface area (Å²) < 4.78 is 31.6. The van der Waals surface area contributed by atoms with E-state index in [0.29, 0.717) is 6.42 Å². The molecule has 0 radical (unpaired) electrons. The highest BCUT2D eigenvalue weighted by Gasteiger charge is 2.26. The first-order valence-corrected chi connectivity index (χ1v) is 11.3. The molecule has 0 aliphatic heterocycles. The highest BCUT2D eigenvalue weighted by molar-refractivity contribution is 7.92. The Bertz CT molecular complexity index is 893. The number of nitrogens with zero attached hydrogens (tertiary/aromatic N) is 1. The molecule has 1 fully saturated rings. The van der Waals surface area contributed by atoms with Gasteiger partial charge in [0.05, 0.1) is 29.0 Å². The molecule has 0 unspecified atom stereocenters. The molecule has 1 aliphatic rings. The first-order chi connectivity index (χ1) is 13.6. The average Bonchev–Trinajstić information content (AvgIpc) is 2.63. The minimum atomic E-state index is -3.72. The molecule has 0 aromatic heterocycles. The number of carbonyl (C=O) groups excluding carboxylic acids is 2. The van der Waals surface area contributed by atoms with E-state index < -0.39 is 32.3 Å². The Labute approximate surface area is 169 Å². The van der Waals surface area contributed by atoms with Crippen LogP contribution in [-0.2, 0) is 19.6 Å². The number of benzene rings is 1. The quantitative estimate of drug-likeness (QED) is 0.350. The highest BCUT2D eigenvalue weighted by Crippen LogP contribution is 2.38. The number of hydrogen-bond donors (Lipinski definition) is 2. The van der Waals surface area contributed by atoms with Crippen LogP contribution in [0.25, 0.3) is 0 Å². The standard InChI is InChI=1S/C18H25N3O7S/c1-3-7-16(22)18(23)19-13-10-14(20-29(2,26)27)17(11-15(13)21(24)25)28-12-8-5-4-6-9-12/h10-12,20H,3-9H2,1-2H3,(H,19,23). The van der Waals surface area contributed by atoms with Crippen molar-refractivity contribution in [2.24, 2.45) is 0 Å². The van der Waals surface area contributed by atoms with E-state index in [-0.39, 0.29) is 29.6 Å². The van der Waals surface area contributed by atoms with E-state index in [1.165, 1.54) is 0 Å². The maximum absolute atomic E-state index is 12.0. The average molecular weight is 427 g/mol. The van der Waals surface area contributed by atoms with Crippen LogP contribution in [0.2, 0.25) is 0 Å². The lowest BCUT2D eigenvalue weighted by atomic mass is 9.98. The van der Waals surface area contributed by atoms with Crippen LogP contribution in [-0.4, -0.2) is 37.4 Å². The lowest BCUT2D eigenvalue weighted by molar-refractivity contribution is -0.384. The van der Waals surface area contributed by atoms with Gasteiger partial charge in [-0.15, -0.1) is 0 Å². The largest absolute Gasteiger partial charge is 0.488 e. The summed E-state index contributed by atoms with van der Waals surface area (Å²) >= 11 is 0. The van der Waals surface area contributed by atoms with Gasteiger partial charge in [-0.2, -0.15) is 0 Å². The van der Waals surface area contributed by atoms with Crippen molar-refractivity contribution in [2.45, 2.75) is 58.0 Å². The maximum Gasteiger partial charge on any atom is 0.296 e. The number of hydrogen-bond acceptors (Lipinski definition) is 7. The number of ether oxygens (including phenoxy) is 1. The molecule has 2 N–H and O–H groups in total. The van der Waals surface area contributed by atoms with Gasteiger partial charge in [-0.3, -0.25) is 24.4 Å². The van der Waals surface area contributed by atoms with Gasteiger partial charge in [0.15, 0.2) is 5.75 Å². The third kappa shape index (κ3) is 6.70. The molecule has 2 rings (SSSR count). The second-order valence-corrected chi connectivity index (χ2v) is 8.75. The third-order valence-electron chi connectivity index (χ3n) is 4.41. The van der Waals surface area contributed by atoms with E-state index in [9.17, 15) is 28.1 Å². The Morgan fingerprint density at radius 2 is 1.86 bits per heavy atom. The van der Waals surface area contributed by atoms with Crippen LogP contribution < -0.4 is 14.8 Å². The first-order valence-electron chi connectivity index (χ1n) is 9.41. The summed E-state index contributed by atoms with van der Waals surface area (Å²) in [6.07, 6.45) is 5.69. The fourth-order valence-corrected chi connectivity index (χ4v) is 3.65. The van der Waals surface area contributed by atoms with E-state index in [1.807, 2.05) is 0 Å². The smallest absolute Gasteiger partial charge is 0.296 e. The fourth-order valence-electron chi connectivity index (χ4n) is 3.09. The van der Waals surface area contributed by atoms with Gasteiger partial charge in [-0.25, -0.2) is 8.42 Å². The van der Waals surface area contributed by atoms with Gasteiger partial charge >= 0.3 is 0 Å². The van der Waals surface area contributed by atoms with Crippen molar-refractivity contribution in [1.29, 1.82) is 0 Å². The van der Waals surface area contributed by atoms with Crippen LogP contribution in [0.1, 0.15) is 51.9 Å².